The molecular weight excluding hydrogens is 1240 g/mol. The van der Waals surface area contributed by atoms with E-state index in [1.807, 2.05) is 0 Å². The van der Waals surface area contributed by atoms with Gasteiger partial charge in [0.1, 0.15) is 93.1 Å². The highest BCUT2D eigenvalue weighted by molar-refractivity contribution is 5.92. The zero-order chi connectivity index (χ0) is 65.3. The van der Waals surface area contributed by atoms with Crippen molar-refractivity contribution in [3.05, 3.63) is 346 Å². The van der Waals surface area contributed by atoms with Crippen molar-refractivity contribution in [2.24, 2.45) is 0 Å². The summed E-state index contributed by atoms with van der Waals surface area (Å²) in [6, 6.07) is 37.7. The average Bonchev–Trinajstić information content (AvgIpc) is 1.58. The number of halogens is 16. The van der Waals surface area contributed by atoms with Gasteiger partial charge in [0.2, 0.25) is 0 Å². The summed E-state index contributed by atoms with van der Waals surface area (Å²) in [6.07, 6.45) is 0. The molecule has 1 aliphatic rings. The number of anilines is 12. The highest BCUT2D eigenvalue weighted by Gasteiger charge is 2.48. The molecular formula is C73H38F16N4. The molecule has 0 N–H and O–H groups in total. The molecule has 0 spiro atoms. The molecule has 0 unspecified atom stereocenters. The predicted octanol–water partition coefficient (Wildman–Crippen LogP) is 22.2. The molecule has 0 bridgehead atoms. The molecule has 0 saturated heterocycles. The molecule has 12 aromatic carbocycles. The first-order valence-electron chi connectivity index (χ1n) is 27.9. The van der Waals surface area contributed by atoms with Crippen LogP contribution in [0.15, 0.2) is 231 Å². The summed E-state index contributed by atoms with van der Waals surface area (Å²) < 4.78 is 254. The summed E-state index contributed by atoms with van der Waals surface area (Å²) in [7, 11) is 0. The van der Waals surface area contributed by atoms with Crippen molar-refractivity contribution in [2.75, 3.05) is 19.6 Å². The fourth-order valence-electron chi connectivity index (χ4n) is 12.3. The van der Waals surface area contributed by atoms with Crippen LogP contribution in [0.5, 0.6) is 0 Å². The van der Waals surface area contributed by atoms with Gasteiger partial charge in [0, 0.05) is 71.3 Å². The maximum Gasteiger partial charge on any atom is 0.128 e. The molecule has 20 heteroatoms. The van der Waals surface area contributed by atoms with Gasteiger partial charge in [-0.1, -0.05) is 48.5 Å². The van der Waals surface area contributed by atoms with E-state index in [2.05, 4.69) is 0 Å². The average molecular weight is 1280 g/mol. The van der Waals surface area contributed by atoms with Crippen LogP contribution in [0.1, 0.15) is 22.3 Å². The molecule has 13 rings (SSSR count). The minimum atomic E-state index is -2.14. The lowest BCUT2D eigenvalue weighted by Gasteiger charge is -2.38. The van der Waals surface area contributed by atoms with Crippen molar-refractivity contribution in [1.82, 2.24) is 0 Å². The van der Waals surface area contributed by atoms with E-state index in [-0.39, 0.29) is 45.0 Å². The van der Waals surface area contributed by atoms with Crippen LogP contribution in [0.25, 0.3) is 11.1 Å². The Balaban J connectivity index is 1.25. The third kappa shape index (κ3) is 11.7. The number of fused-ring (bicyclic) bond motifs is 3. The van der Waals surface area contributed by atoms with Gasteiger partial charge in [-0.15, -0.1) is 0 Å². The number of rotatable bonds is 14. The number of nitrogens with zero attached hydrogens (tertiary/aromatic N) is 4. The monoisotopic (exact) mass is 1270 g/mol. The summed E-state index contributed by atoms with van der Waals surface area (Å²) in [5, 5.41) is 0. The predicted molar refractivity (Wildman–Crippen MR) is 322 cm³/mol. The Morgan fingerprint density at radius 3 is 0.495 bits per heavy atom. The van der Waals surface area contributed by atoms with Gasteiger partial charge in [-0.3, -0.25) is 0 Å². The van der Waals surface area contributed by atoms with E-state index in [9.17, 15) is 0 Å². The van der Waals surface area contributed by atoms with Crippen LogP contribution in [0, 0.1) is 93.1 Å². The Morgan fingerprint density at radius 1 is 0.172 bits per heavy atom. The van der Waals surface area contributed by atoms with Gasteiger partial charge in [0.05, 0.1) is 50.9 Å². The van der Waals surface area contributed by atoms with Crippen molar-refractivity contribution in [3.63, 3.8) is 0 Å². The molecule has 4 nitrogen and oxygen atoms in total. The second-order valence-electron chi connectivity index (χ2n) is 21.7. The van der Waals surface area contributed by atoms with Gasteiger partial charge in [-0.25, -0.2) is 70.2 Å². The van der Waals surface area contributed by atoms with Gasteiger partial charge in [-0.2, -0.15) is 0 Å². The third-order valence-corrected chi connectivity index (χ3v) is 15.5. The first kappa shape index (κ1) is 60.6. The van der Waals surface area contributed by atoms with E-state index in [0.717, 1.165) is 117 Å². The lowest BCUT2D eigenvalue weighted by atomic mass is 9.67. The Labute approximate surface area is 518 Å². The van der Waals surface area contributed by atoms with Crippen molar-refractivity contribution in [1.29, 1.82) is 0 Å². The highest BCUT2D eigenvalue weighted by atomic mass is 19.2. The molecule has 93 heavy (non-hydrogen) atoms. The second kappa shape index (κ2) is 23.8. The normalized spacial score (nSPS) is 12.2. The van der Waals surface area contributed by atoms with Crippen molar-refractivity contribution >= 4 is 68.2 Å². The number of hydrogen-bond donors (Lipinski definition) is 0. The topological polar surface area (TPSA) is 13.0 Å². The molecule has 12 aromatic rings. The zero-order valence-corrected chi connectivity index (χ0v) is 47.3. The third-order valence-electron chi connectivity index (χ3n) is 15.5. The van der Waals surface area contributed by atoms with E-state index in [1.165, 1.54) is 36.4 Å². The Bertz CT molecular complexity index is 4060. The maximum absolute atomic E-state index is 15.9. The smallest absolute Gasteiger partial charge is 0.128 e. The van der Waals surface area contributed by atoms with Crippen LogP contribution in [0.2, 0.25) is 0 Å². The van der Waals surface area contributed by atoms with E-state index < -0.39 is 144 Å². The molecule has 0 aromatic heterocycles. The Kier molecular flexibility index (Phi) is 15.5. The van der Waals surface area contributed by atoms with Crippen LogP contribution < -0.4 is 19.6 Å². The largest absolute Gasteiger partial charge is 0.310 e. The first-order chi connectivity index (χ1) is 44.5. The summed E-state index contributed by atoms with van der Waals surface area (Å²) in [4.78, 5) is 3.95. The number of hydrogen-bond acceptors (Lipinski definition) is 4. The molecule has 1 aliphatic carbocycles. The fourth-order valence-corrected chi connectivity index (χ4v) is 12.3. The lowest BCUT2D eigenvalue weighted by Crippen LogP contribution is -2.30. The second-order valence-corrected chi connectivity index (χ2v) is 21.7. The van der Waals surface area contributed by atoms with Gasteiger partial charge in [-0.05, 0) is 167 Å². The standard InChI is InChI=1S/C73H38F16N4/c74-41-13-42(75)22-61(21-41)90(62-23-43(76)14-44(77)24-62)57-9-39(10-58(37-57)91(63-25-45(78)15-46(79)26-63)64-27-47(80)16-48(81)28-64)73(71-7-3-1-5-69(71)70-6-2-4-8-72(70)73)40-11-59(92(65-29-49(82)17-50(83)30-65)66-31-51(84)18-52(85)32-66)38-60(12-40)93(67-33-53(86)19-54(87)34-67)68-35-55(88)20-56(89)36-68/h1-38H. The van der Waals surface area contributed by atoms with Crippen LogP contribution in [-0.2, 0) is 5.41 Å². The number of benzene rings is 12. The van der Waals surface area contributed by atoms with E-state index in [0.29, 0.717) is 59.7 Å². The van der Waals surface area contributed by atoms with Gasteiger partial charge >= 0.3 is 0 Å². The Hall–Kier alpha value is -11.3. The molecule has 0 atom stereocenters. The maximum atomic E-state index is 15.9. The zero-order valence-electron chi connectivity index (χ0n) is 47.3. The lowest BCUT2D eigenvalue weighted by molar-refractivity contribution is 0.580. The molecule has 0 saturated carbocycles. The molecule has 0 aliphatic heterocycles. The van der Waals surface area contributed by atoms with Crippen molar-refractivity contribution < 1.29 is 70.2 Å². The van der Waals surface area contributed by atoms with Crippen LogP contribution in [-0.4, -0.2) is 0 Å². The molecule has 0 radical (unpaired) electrons. The van der Waals surface area contributed by atoms with Gasteiger partial charge < -0.3 is 19.6 Å². The SMILES string of the molecule is Fc1cc(F)cc(N(c2cc(F)cc(F)c2)c2cc(N(c3cc(F)cc(F)c3)c3cc(F)cc(F)c3)cc(C3(c4cc(N(c5cc(F)cc(F)c5)c5cc(F)cc(F)c5)cc(N(c5cc(F)cc(F)c5)c5cc(F)cc(F)c5)c4)c4ccccc4-c4ccccc43)c2)c1. The first-order valence-corrected chi connectivity index (χ1v) is 27.9. The van der Waals surface area contributed by atoms with Crippen molar-refractivity contribution in [3.8, 4) is 11.1 Å². The van der Waals surface area contributed by atoms with Crippen LogP contribution >= 0.6 is 0 Å². The van der Waals surface area contributed by atoms with Crippen LogP contribution in [0.4, 0.5) is 138 Å². The fraction of sp³-hybridized carbons (Fsp3) is 0.0137. The summed E-state index contributed by atoms with van der Waals surface area (Å²) in [6.45, 7) is 0. The molecule has 0 fully saturated rings. The quantitative estimate of drug-likeness (QED) is 0.101. The van der Waals surface area contributed by atoms with Gasteiger partial charge in [0.15, 0.2) is 0 Å². The summed E-state index contributed by atoms with van der Waals surface area (Å²) in [5.41, 5.74) is -5.98. The summed E-state index contributed by atoms with van der Waals surface area (Å²) in [5.74, 6) is -19.4. The molecule has 0 heterocycles. The highest BCUT2D eigenvalue weighted by Crippen LogP contribution is 2.60. The molecule has 462 valence electrons. The minimum absolute atomic E-state index is 0.0895. The van der Waals surface area contributed by atoms with Crippen LogP contribution in [0.3, 0.4) is 0 Å². The molecule has 0 amide bonds. The van der Waals surface area contributed by atoms with E-state index in [4.69, 9.17) is 0 Å². The van der Waals surface area contributed by atoms with Gasteiger partial charge in [0.25, 0.3) is 0 Å². The van der Waals surface area contributed by atoms with E-state index >= 15 is 70.2 Å². The summed E-state index contributed by atoms with van der Waals surface area (Å²) >= 11 is 0. The minimum Gasteiger partial charge on any atom is -0.310 e. The van der Waals surface area contributed by atoms with E-state index in [1.54, 1.807) is 48.5 Å². The Morgan fingerprint density at radius 2 is 0.323 bits per heavy atom. The van der Waals surface area contributed by atoms with Crippen molar-refractivity contribution in [2.45, 2.75) is 5.41 Å².